The average Bonchev–Trinajstić information content (AvgIpc) is 2.49. The van der Waals surface area contributed by atoms with E-state index in [9.17, 15) is 8.42 Å². The summed E-state index contributed by atoms with van der Waals surface area (Å²) in [4.78, 5) is 3.91. The Morgan fingerprint density at radius 3 is 2.76 bits per heavy atom. The minimum absolute atomic E-state index is 0.103. The molecule has 1 N–H and O–H groups in total. The largest absolute Gasteiger partial charge is 0.494 e. The van der Waals surface area contributed by atoms with Crippen LogP contribution in [0.4, 0.5) is 5.69 Å². The fourth-order valence-electron chi connectivity index (χ4n) is 1.76. The van der Waals surface area contributed by atoms with Crippen LogP contribution in [0.25, 0.3) is 0 Å². The van der Waals surface area contributed by atoms with Gasteiger partial charge in [0.1, 0.15) is 10.6 Å². The van der Waals surface area contributed by atoms with Gasteiger partial charge in [0, 0.05) is 23.6 Å². The Bertz CT molecular complexity index is 705. The van der Waals surface area contributed by atoms with Gasteiger partial charge in [0.15, 0.2) is 0 Å². The van der Waals surface area contributed by atoms with Crippen molar-refractivity contribution in [1.82, 2.24) is 4.98 Å². The molecule has 0 saturated heterocycles. The molecular weight excluding hydrogens is 312 g/mol. The molecule has 5 nitrogen and oxygen atoms in total. The quantitative estimate of drug-likeness (QED) is 0.828. The molecular formula is C14H15ClN2O3S. The highest BCUT2D eigenvalue weighted by molar-refractivity contribution is 7.92. The summed E-state index contributed by atoms with van der Waals surface area (Å²) < 4.78 is 32.3. The van der Waals surface area contributed by atoms with E-state index in [1.54, 1.807) is 24.3 Å². The molecule has 0 atom stereocenters. The van der Waals surface area contributed by atoms with Crippen molar-refractivity contribution in [3.8, 4) is 5.75 Å². The summed E-state index contributed by atoms with van der Waals surface area (Å²) in [5.74, 6) is 0.884. The van der Waals surface area contributed by atoms with Gasteiger partial charge in [-0.2, -0.15) is 0 Å². The Morgan fingerprint density at radius 2 is 2.14 bits per heavy atom. The topological polar surface area (TPSA) is 68.3 Å². The maximum absolute atomic E-state index is 12.2. The highest BCUT2D eigenvalue weighted by atomic mass is 35.5. The van der Waals surface area contributed by atoms with Crippen molar-refractivity contribution >= 4 is 27.3 Å². The number of sulfonamides is 1. The van der Waals surface area contributed by atoms with Crippen LogP contribution in [0.1, 0.15) is 12.5 Å². The number of hydrogen-bond donors (Lipinski definition) is 1. The van der Waals surface area contributed by atoms with E-state index in [-0.39, 0.29) is 10.8 Å². The number of alkyl halides is 1. The van der Waals surface area contributed by atoms with Crippen molar-refractivity contribution in [2.45, 2.75) is 17.7 Å². The van der Waals surface area contributed by atoms with Crippen LogP contribution in [-0.2, 0) is 15.9 Å². The SMILES string of the molecule is CCOc1ccc(NS(=O)(=O)c2cccnc2)cc1CCl. The highest BCUT2D eigenvalue weighted by Crippen LogP contribution is 2.26. The molecule has 0 spiro atoms. The summed E-state index contributed by atoms with van der Waals surface area (Å²) in [5, 5.41) is 0. The molecule has 0 saturated carbocycles. The fourth-order valence-corrected chi connectivity index (χ4v) is 2.99. The van der Waals surface area contributed by atoms with E-state index < -0.39 is 10.0 Å². The van der Waals surface area contributed by atoms with E-state index in [1.165, 1.54) is 18.5 Å². The first-order valence-corrected chi connectivity index (χ1v) is 8.33. The van der Waals surface area contributed by atoms with Crippen LogP contribution in [-0.4, -0.2) is 20.0 Å². The van der Waals surface area contributed by atoms with Gasteiger partial charge in [0.05, 0.1) is 12.5 Å². The molecule has 0 unspecified atom stereocenters. The first-order valence-electron chi connectivity index (χ1n) is 6.31. The molecule has 7 heteroatoms. The standard InChI is InChI=1S/C14H15ClN2O3S/c1-2-20-14-6-5-12(8-11(14)9-15)17-21(18,19)13-4-3-7-16-10-13/h3-8,10,17H,2,9H2,1H3. The second-order valence-electron chi connectivity index (χ2n) is 4.18. The van der Waals surface area contributed by atoms with Gasteiger partial charge in [0.2, 0.25) is 0 Å². The molecule has 0 aliphatic carbocycles. The Labute approximate surface area is 129 Å². The van der Waals surface area contributed by atoms with Crippen molar-refractivity contribution in [3.05, 3.63) is 48.3 Å². The molecule has 0 fully saturated rings. The number of nitrogens with zero attached hydrogens (tertiary/aromatic N) is 1. The first kappa shape index (κ1) is 15.6. The smallest absolute Gasteiger partial charge is 0.263 e. The van der Waals surface area contributed by atoms with Crippen molar-refractivity contribution in [1.29, 1.82) is 0 Å². The third-order valence-electron chi connectivity index (χ3n) is 2.70. The van der Waals surface area contributed by atoms with Gasteiger partial charge in [-0.3, -0.25) is 9.71 Å². The lowest BCUT2D eigenvalue weighted by molar-refractivity contribution is 0.337. The van der Waals surface area contributed by atoms with Gasteiger partial charge in [-0.15, -0.1) is 11.6 Å². The van der Waals surface area contributed by atoms with Crippen LogP contribution in [0.3, 0.4) is 0 Å². The lowest BCUT2D eigenvalue weighted by Crippen LogP contribution is -2.13. The van der Waals surface area contributed by atoms with Crippen molar-refractivity contribution < 1.29 is 13.2 Å². The van der Waals surface area contributed by atoms with Crippen molar-refractivity contribution in [3.63, 3.8) is 0 Å². The van der Waals surface area contributed by atoms with Crippen LogP contribution in [0, 0.1) is 0 Å². The molecule has 21 heavy (non-hydrogen) atoms. The van der Waals surface area contributed by atoms with E-state index in [4.69, 9.17) is 16.3 Å². The van der Waals surface area contributed by atoms with Gasteiger partial charge >= 0.3 is 0 Å². The van der Waals surface area contributed by atoms with Gasteiger partial charge < -0.3 is 4.74 Å². The summed E-state index contributed by atoms with van der Waals surface area (Å²) in [6, 6.07) is 8.03. The Balaban J connectivity index is 2.28. The van der Waals surface area contributed by atoms with Crippen LogP contribution >= 0.6 is 11.6 Å². The minimum Gasteiger partial charge on any atom is -0.494 e. The molecule has 1 heterocycles. The molecule has 1 aromatic heterocycles. The number of rotatable bonds is 6. The van der Waals surface area contributed by atoms with E-state index in [0.717, 1.165) is 5.56 Å². The number of halogens is 1. The van der Waals surface area contributed by atoms with Crippen molar-refractivity contribution in [2.75, 3.05) is 11.3 Å². The van der Waals surface area contributed by atoms with Crippen molar-refractivity contribution in [2.24, 2.45) is 0 Å². The zero-order valence-electron chi connectivity index (χ0n) is 11.4. The van der Waals surface area contributed by atoms with Crippen LogP contribution in [0.5, 0.6) is 5.75 Å². The molecule has 2 aromatic rings. The molecule has 0 radical (unpaired) electrons. The second kappa shape index (κ2) is 6.78. The Kier molecular flexibility index (Phi) is 5.03. The Hall–Kier alpha value is -1.79. The zero-order valence-corrected chi connectivity index (χ0v) is 13.0. The maximum Gasteiger partial charge on any atom is 0.263 e. The van der Waals surface area contributed by atoms with E-state index in [0.29, 0.717) is 18.0 Å². The molecule has 2 rings (SSSR count). The summed E-state index contributed by atoms with van der Waals surface area (Å²) >= 11 is 5.86. The summed E-state index contributed by atoms with van der Waals surface area (Å²) in [6.07, 6.45) is 2.81. The van der Waals surface area contributed by atoms with E-state index >= 15 is 0 Å². The lowest BCUT2D eigenvalue weighted by Gasteiger charge is -2.12. The number of ether oxygens (including phenoxy) is 1. The predicted octanol–water partition coefficient (Wildman–Crippen LogP) is 3.02. The molecule has 0 bridgehead atoms. The Morgan fingerprint density at radius 1 is 1.33 bits per heavy atom. The highest BCUT2D eigenvalue weighted by Gasteiger charge is 2.15. The minimum atomic E-state index is -3.66. The predicted molar refractivity (Wildman–Crippen MR) is 82.2 cm³/mol. The number of pyridine rings is 1. The van der Waals surface area contributed by atoms with E-state index in [2.05, 4.69) is 9.71 Å². The van der Waals surface area contributed by atoms with Gasteiger partial charge in [-0.05, 0) is 37.3 Å². The van der Waals surface area contributed by atoms with Gasteiger partial charge in [-0.1, -0.05) is 0 Å². The molecule has 0 aliphatic rings. The number of nitrogens with one attached hydrogen (secondary N) is 1. The number of benzene rings is 1. The molecule has 0 amide bonds. The second-order valence-corrected chi connectivity index (χ2v) is 6.13. The van der Waals surface area contributed by atoms with Gasteiger partial charge in [-0.25, -0.2) is 8.42 Å². The van der Waals surface area contributed by atoms with Crippen LogP contribution < -0.4 is 9.46 Å². The monoisotopic (exact) mass is 326 g/mol. The van der Waals surface area contributed by atoms with Crippen LogP contribution in [0.2, 0.25) is 0 Å². The third-order valence-corrected chi connectivity index (χ3v) is 4.36. The molecule has 1 aromatic carbocycles. The van der Waals surface area contributed by atoms with E-state index in [1.807, 2.05) is 6.92 Å². The normalized spacial score (nSPS) is 11.1. The first-order chi connectivity index (χ1) is 10.1. The van der Waals surface area contributed by atoms with Crippen LogP contribution in [0.15, 0.2) is 47.6 Å². The molecule has 112 valence electrons. The number of aromatic nitrogens is 1. The number of hydrogen-bond acceptors (Lipinski definition) is 4. The summed E-state index contributed by atoms with van der Waals surface area (Å²) in [7, 11) is -3.66. The zero-order chi connectivity index (χ0) is 15.3. The summed E-state index contributed by atoms with van der Waals surface area (Å²) in [6.45, 7) is 2.39. The average molecular weight is 327 g/mol. The third kappa shape index (κ3) is 3.86. The molecule has 0 aliphatic heterocycles. The summed E-state index contributed by atoms with van der Waals surface area (Å²) in [5.41, 5.74) is 1.16. The van der Waals surface area contributed by atoms with Gasteiger partial charge in [0.25, 0.3) is 10.0 Å². The fraction of sp³-hybridized carbons (Fsp3) is 0.214. The lowest BCUT2D eigenvalue weighted by atomic mass is 10.2. The number of anilines is 1. The maximum atomic E-state index is 12.2.